The number of rotatable bonds is 4. The summed E-state index contributed by atoms with van der Waals surface area (Å²) in [7, 11) is 3.34. The normalized spacial score (nSPS) is 10.3. The van der Waals surface area contributed by atoms with Crippen LogP contribution in [0.15, 0.2) is 30.5 Å². The lowest BCUT2D eigenvalue weighted by Crippen LogP contribution is -2.24. The molecule has 0 radical (unpaired) electrons. The molecular formula is C13H14ClN3O2. The molecular weight excluding hydrogens is 266 g/mol. The first-order valence-corrected chi connectivity index (χ1v) is 6.08. The Hall–Kier alpha value is -2.01. The monoisotopic (exact) mass is 279 g/mol. The molecule has 0 unspecified atom stereocenters. The molecule has 0 aliphatic carbocycles. The van der Waals surface area contributed by atoms with Crippen molar-refractivity contribution in [1.29, 1.82) is 0 Å². The maximum absolute atomic E-state index is 12.1. The van der Waals surface area contributed by atoms with E-state index in [2.05, 4.69) is 10.4 Å². The smallest absolute Gasteiger partial charge is 0.255 e. The van der Waals surface area contributed by atoms with Crippen LogP contribution in [-0.4, -0.2) is 22.8 Å². The van der Waals surface area contributed by atoms with E-state index in [1.165, 1.54) is 7.11 Å². The predicted octanol–water partition coefficient (Wildman–Crippen LogP) is 2.01. The van der Waals surface area contributed by atoms with E-state index in [1.807, 2.05) is 13.1 Å². The van der Waals surface area contributed by atoms with Crippen molar-refractivity contribution in [1.82, 2.24) is 15.1 Å². The summed E-state index contributed by atoms with van der Waals surface area (Å²) < 4.78 is 6.85. The first-order chi connectivity index (χ1) is 9.11. The molecule has 1 N–H and O–H groups in total. The van der Waals surface area contributed by atoms with Gasteiger partial charge in [-0.25, -0.2) is 0 Å². The number of hydrogen-bond acceptors (Lipinski definition) is 3. The molecule has 2 rings (SSSR count). The summed E-state index contributed by atoms with van der Waals surface area (Å²) in [5, 5.41) is 7.33. The Balaban J connectivity index is 2.12. The van der Waals surface area contributed by atoms with Gasteiger partial charge in [0.15, 0.2) is 0 Å². The minimum Gasteiger partial charge on any atom is -0.496 e. The highest BCUT2D eigenvalue weighted by molar-refractivity contribution is 6.31. The molecule has 19 heavy (non-hydrogen) atoms. The zero-order valence-electron chi connectivity index (χ0n) is 10.7. The molecule has 100 valence electrons. The van der Waals surface area contributed by atoms with Gasteiger partial charge in [0.05, 0.1) is 24.9 Å². The van der Waals surface area contributed by atoms with Gasteiger partial charge in [0.2, 0.25) is 0 Å². The third-order valence-corrected chi connectivity index (χ3v) is 2.99. The second kappa shape index (κ2) is 5.75. The van der Waals surface area contributed by atoms with Crippen LogP contribution in [0.25, 0.3) is 0 Å². The van der Waals surface area contributed by atoms with Crippen LogP contribution in [0.1, 0.15) is 16.1 Å². The number of benzene rings is 1. The zero-order valence-corrected chi connectivity index (χ0v) is 11.4. The number of amides is 1. The van der Waals surface area contributed by atoms with Crippen molar-refractivity contribution < 1.29 is 9.53 Å². The molecule has 1 aromatic heterocycles. The van der Waals surface area contributed by atoms with Gasteiger partial charge in [-0.1, -0.05) is 11.6 Å². The number of ether oxygens (including phenoxy) is 1. The zero-order chi connectivity index (χ0) is 13.8. The largest absolute Gasteiger partial charge is 0.496 e. The number of aryl methyl sites for hydroxylation is 1. The van der Waals surface area contributed by atoms with Crippen LogP contribution in [0.2, 0.25) is 5.02 Å². The van der Waals surface area contributed by atoms with Gasteiger partial charge in [0, 0.05) is 18.3 Å². The van der Waals surface area contributed by atoms with Gasteiger partial charge in [0.25, 0.3) is 5.91 Å². The summed E-state index contributed by atoms with van der Waals surface area (Å²) in [6, 6.07) is 6.77. The van der Waals surface area contributed by atoms with Crippen LogP contribution < -0.4 is 10.1 Å². The second-order valence-corrected chi connectivity index (χ2v) is 4.41. The highest BCUT2D eigenvalue weighted by Gasteiger charge is 2.13. The highest BCUT2D eigenvalue weighted by atomic mass is 35.5. The Labute approximate surface area is 116 Å². The molecule has 0 bridgehead atoms. The molecule has 0 atom stereocenters. The minimum atomic E-state index is -0.236. The molecule has 0 saturated heterocycles. The van der Waals surface area contributed by atoms with E-state index in [0.717, 1.165) is 5.69 Å². The lowest BCUT2D eigenvalue weighted by atomic mass is 10.2. The van der Waals surface area contributed by atoms with E-state index < -0.39 is 0 Å². The van der Waals surface area contributed by atoms with Crippen LogP contribution >= 0.6 is 11.6 Å². The van der Waals surface area contributed by atoms with Crippen LogP contribution in [0, 0.1) is 0 Å². The summed E-state index contributed by atoms with van der Waals surface area (Å²) >= 11 is 5.89. The van der Waals surface area contributed by atoms with Gasteiger partial charge in [-0.15, -0.1) is 0 Å². The van der Waals surface area contributed by atoms with Crippen LogP contribution in [-0.2, 0) is 13.6 Å². The van der Waals surface area contributed by atoms with Crippen LogP contribution in [0.4, 0.5) is 0 Å². The lowest BCUT2D eigenvalue weighted by Gasteiger charge is -2.09. The van der Waals surface area contributed by atoms with Gasteiger partial charge >= 0.3 is 0 Å². The Bertz CT molecular complexity index is 595. The van der Waals surface area contributed by atoms with E-state index in [-0.39, 0.29) is 5.91 Å². The molecule has 1 heterocycles. The molecule has 1 aromatic carbocycles. The maximum atomic E-state index is 12.1. The average Bonchev–Trinajstić information content (AvgIpc) is 2.81. The number of carbonyl (C=O) groups excluding carboxylic acids is 1. The summed E-state index contributed by atoms with van der Waals surface area (Å²) in [4.78, 5) is 12.1. The van der Waals surface area contributed by atoms with Gasteiger partial charge in [0.1, 0.15) is 5.75 Å². The molecule has 0 aliphatic rings. The number of nitrogens with zero attached hydrogens (tertiary/aromatic N) is 2. The van der Waals surface area contributed by atoms with Crippen molar-refractivity contribution in [3.63, 3.8) is 0 Å². The Morgan fingerprint density at radius 2 is 2.26 bits per heavy atom. The van der Waals surface area contributed by atoms with E-state index in [9.17, 15) is 4.79 Å². The van der Waals surface area contributed by atoms with Gasteiger partial charge in [-0.3, -0.25) is 9.48 Å². The first-order valence-electron chi connectivity index (χ1n) is 5.70. The number of hydrogen-bond donors (Lipinski definition) is 1. The Kier molecular flexibility index (Phi) is 4.06. The fraction of sp³-hybridized carbons (Fsp3) is 0.231. The van der Waals surface area contributed by atoms with Gasteiger partial charge in [-0.2, -0.15) is 5.10 Å². The quantitative estimate of drug-likeness (QED) is 0.931. The second-order valence-electron chi connectivity index (χ2n) is 3.97. The van der Waals surface area contributed by atoms with Gasteiger partial charge < -0.3 is 10.1 Å². The SMILES string of the molecule is COc1ccc(Cl)cc1C(=O)NCc1ccnn1C. The van der Waals surface area contributed by atoms with Crippen molar-refractivity contribution in [3.05, 3.63) is 46.7 Å². The molecule has 0 aliphatic heterocycles. The first kappa shape index (κ1) is 13.4. The third kappa shape index (κ3) is 3.06. The van der Waals surface area contributed by atoms with Crippen molar-refractivity contribution in [2.45, 2.75) is 6.54 Å². The Morgan fingerprint density at radius 3 is 2.89 bits per heavy atom. The van der Waals surface area contributed by atoms with E-state index in [0.29, 0.717) is 22.9 Å². The molecule has 1 amide bonds. The summed E-state index contributed by atoms with van der Waals surface area (Å²) in [6.07, 6.45) is 1.68. The topological polar surface area (TPSA) is 56.1 Å². The number of halogens is 1. The number of aromatic nitrogens is 2. The molecule has 6 heteroatoms. The van der Waals surface area contributed by atoms with Crippen molar-refractivity contribution in [2.24, 2.45) is 7.05 Å². The van der Waals surface area contributed by atoms with Crippen molar-refractivity contribution in [3.8, 4) is 5.75 Å². The van der Waals surface area contributed by atoms with E-state index >= 15 is 0 Å². The summed E-state index contributed by atoms with van der Waals surface area (Å²) in [5.74, 6) is 0.257. The summed E-state index contributed by atoms with van der Waals surface area (Å²) in [6.45, 7) is 0.394. The van der Waals surface area contributed by atoms with E-state index in [1.54, 1.807) is 29.1 Å². The van der Waals surface area contributed by atoms with Crippen LogP contribution in [0.3, 0.4) is 0 Å². The third-order valence-electron chi connectivity index (χ3n) is 2.76. The van der Waals surface area contributed by atoms with E-state index in [4.69, 9.17) is 16.3 Å². The number of methoxy groups -OCH3 is 1. The predicted molar refractivity (Wildman–Crippen MR) is 72.4 cm³/mol. The average molecular weight is 280 g/mol. The number of nitrogens with one attached hydrogen (secondary N) is 1. The van der Waals surface area contributed by atoms with Gasteiger partial charge in [-0.05, 0) is 24.3 Å². The molecule has 0 spiro atoms. The maximum Gasteiger partial charge on any atom is 0.255 e. The van der Waals surface area contributed by atoms with Crippen LogP contribution in [0.5, 0.6) is 5.75 Å². The fourth-order valence-electron chi connectivity index (χ4n) is 1.70. The molecule has 5 nitrogen and oxygen atoms in total. The lowest BCUT2D eigenvalue weighted by molar-refractivity contribution is 0.0947. The Morgan fingerprint density at radius 1 is 1.47 bits per heavy atom. The molecule has 0 saturated carbocycles. The van der Waals surface area contributed by atoms with Crippen molar-refractivity contribution in [2.75, 3.05) is 7.11 Å². The van der Waals surface area contributed by atoms with Crippen molar-refractivity contribution >= 4 is 17.5 Å². The molecule has 2 aromatic rings. The standard InChI is InChI=1S/C13H14ClN3O2/c1-17-10(5-6-16-17)8-15-13(18)11-7-9(14)3-4-12(11)19-2/h3-7H,8H2,1-2H3,(H,15,18). The highest BCUT2D eigenvalue weighted by Crippen LogP contribution is 2.22. The minimum absolute atomic E-state index is 0.236. The summed E-state index contributed by atoms with van der Waals surface area (Å²) in [5.41, 5.74) is 1.33. The molecule has 0 fully saturated rings. The number of carbonyl (C=O) groups is 1. The fourth-order valence-corrected chi connectivity index (χ4v) is 1.87.